The molecule has 1 aliphatic rings. The van der Waals surface area contributed by atoms with Crippen molar-refractivity contribution >= 4 is 28.4 Å². The number of benzene rings is 2. The van der Waals surface area contributed by atoms with Gasteiger partial charge in [0.25, 0.3) is 5.91 Å². The van der Waals surface area contributed by atoms with Crippen molar-refractivity contribution in [2.75, 3.05) is 50.1 Å². The molecule has 0 saturated carbocycles. The Morgan fingerprint density at radius 2 is 1.77 bits per heavy atom. The molecule has 0 aliphatic carbocycles. The van der Waals surface area contributed by atoms with Crippen molar-refractivity contribution in [3.63, 3.8) is 0 Å². The second kappa shape index (κ2) is 10.3. The van der Waals surface area contributed by atoms with E-state index in [2.05, 4.69) is 26.9 Å². The van der Waals surface area contributed by atoms with Crippen molar-refractivity contribution in [1.29, 1.82) is 0 Å². The minimum Gasteiger partial charge on any atom is -0.484 e. The maximum absolute atomic E-state index is 12.3. The predicted octanol–water partition coefficient (Wildman–Crippen LogP) is 4.00. The molecule has 1 N–H and O–H groups in total. The number of ether oxygens (including phenoxy) is 2. The van der Waals surface area contributed by atoms with Crippen LogP contribution in [0, 0.1) is 6.92 Å². The third-order valence-electron chi connectivity index (χ3n) is 5.59. The Labute approximate surface area is 200 Å². The number of aryl methyl sites for hydroxylation is 1. The van der Waals surface area contributed by atoms with Crippen molar-refractivity contribution in [2.45, 2.75) is 19.7 Å². The summed E-state index contributed by atoms with van der Waals surface area (Å²) in [6.07, 6.45) is -3.72. The number of nitrogens with one attached hydrogen (secondary N) is 1. The molecule has 1 aromatic heterocycles. The zero-order chi connectivity index (χ0) is 25.0. The van der Waals surface area contributed by atoms with Crippen LogP contribution in [0.2, 0.25) is 0 Å². The van der Waals surface area contributed by atoms with E-state index in [-0.39, 0.29) is 18.1 Å². The first-order chi connectivity index (χ1) is 16.7. The smallest absolute Gasteiger partial charge is 0.484 e. The molecular weight excluding hydrogens is 463 g/mol. The van der Waals surface area contributed by atoms with Crippen LogP contribution >= 0.6 is 0 Å². The number of aromatic nitrogens is 2. The largest absolute Gasteiger partial charge is 0.573 e. The van der Waals surface area contributed by atoms with Crippen LogP contribution in [0.25, 0.3) is 10.9 Å². The Balaban J connectivity index is 1.37. The average molecular weight is 489 g/mol. The molecule has 2 aromatic carbocycles. The second-order valence-electron chi connectivity index (χ2n) is 8.34. The van der Waals surface area contributed by atoms with E-state index < -0.39 is 12.3 Å². The summed E-state index contributed by atoms with van der Waals surface area (Å²) in [4.78, 5) is 26.3. The topological polar surface area (TPSA) is 79.8 Å². The number of rotatable bonds is 6. The number of fused-ring (bicyclic) bond motifs is 1. The number of anilines is 2. The van der Waals surface area contributed by atoms with Crippen molar-refractivity contribution in [1.82, 2.24) is 14.9 Å². The zero-order valence-electron chi connectivity index (χ0n) is 19.4. The minimum absolute atomic E-state index is 0.240. The van der Waals surface area contributed by atoms with E-state index in [4.69, 9.17) is 14.7 Å². The summed E-state index contributed by atoms with van der Waals surface area (Å²) < 4.78 is 45.9. The zero-order valence-corrected chi connectivity index (χ0v) is 19.4. The molecule has 0 bridgehead atoms. The molecule has 0 spiro atoms. The van der Waals surface area contributed by atoms with Crippen LogP contribution < -0.4 is 19.7 Å². The Bertz CT molecular complexity index is 1190. The average Bonchev–Trinajstić information content (AvgIpc) is 3.02. The molecule has 0 unspecified atom stereocenters. The van der Waals surface area contributed by atoms with Crippen LogP contribution in [0.15, 0.2) is 42.5 Å². The molecule has 1 saturated heterocycles. The lowest BCUT2D eigenvalue weighted by Crippen LogP contribution is -2.30. The van der Waals surface area contributed by atoms with Gasteiger partial charge in [-0.1, -0.05) is 0 Å². The molecule has 2 heterocycles. The lowest BCUT2D eigenvalue weighted by molar-refractivity contribution is -0.274. The van der Waals surface area contributed by atoms with E-state index in [1.807, 2.05) is 19.1 Å². The number of hydrogen-bond donors (Lipinski definition) is 1. The van der Waals surface area contributed by atoms with Gasteiger partial charge in [-0.05, 0) is 69.4 Å². The fraction of sp³-hybridized carbons (Fsp3) is 0.375. The summed E-state index contributed by atoms with van der Waals surface area (Å²) in [5.41, 5.74) is 2.17. The summed E-state index contributed by atoms with van der Waals surface area (Å²) in [6, 6.07) is 10.2. The fourth-order valence-corrected chi connectivity index (χ4v) is 3.82. The molecule has 1 aliphatic heterocycles. The number of nitrogens with zero attached hydrogens (tertiary/aromatic N) is 4. The van der Waals surface area contributed by atoms with E-state index in [1.165, 1.54) is 12.1 Å². The predicted molar refractivity (Wildman–Crippen MR) is 126 cm³/mol. The van der Waals surface area contributed by atoms with Crippen LogP contribution in [0.1, 0.15) is 12.1 Å². The molecule has 11 heteroatoms. The molecule has 3 aromatic rings. The third kappa shape index (κ3) is 6.72. The third-order valence-corrected chi connectivity index (χ3v) is 5.59. The Morgan fingerprint density at radius 3 is 2.51 bits per heavy atom. The van der Waals surface area contributed by atoms with Gasteiger partial charge in [-0.2, -0.15) is 0 Å². The summed E-state index contributed by atoms with van der Waals surface area (Å²) in [5.74, 6) is 0.171. The summed E-state index contributed by atoms with van der Waals surface area (Å²) >= 11 is 0. The van der Waals surface area contributed by atoms with Gasteiger partial charge in [0, 0.05) is 30.7 Å². The lowest BCUT2D eigenvalue weighted by Gasteiger charge is -2.21. The van der Waals surface area contributed by atoms with Gasteiger partial charge in [0.2, 0.25) is 5.95 Å². The van der Waals surface area contributed by atoms with Crippen LogP contribution in [0.5, 0.6) is 11.5 Å². The first-order valence-electron chi connectivity index (χ1n) is 11.2. The van der Waals surface area contributed by atoms with Crippen LogP contribution in [0.4, 0.5) is 24.8 Å². The van der Waals surface area contributed by atoms with Gasteiger partial charge in [0.05, 0.1) is 11.2 Å². The van der Waals surface area contributed by atoms with E-state index in [0.29, 0.717) is 11.6 Å². The molecule has 4 rings (SSSR count). The van der Waals surface area contributed by atoms with Gasteiger partial charge in [0.15, 0.2) is 6.61 Å². The van der Waals surface area contributed by atoms with Crippen LogP contribution in [-0.2, 0) is 4.79 Å². The summed E-state index contributed by atoms with van der Waals surface area (Å²) in [6.45, 7) is 5.38. The highest BCUT2D eigenvalue weighted by Gasteiger charge is 2.31. The highest BCUT2D eigenvalue weighted by molar-refractivity contribution is 5.95. The Morgan fingerprint density at radius 1 is 1.03 bits per heavy atom. The second-order valence-corrected chi connectivity index (χ2v) is 8.34. The van der Waals surface area contributed by atoms with Crippen LogP contribution in [-0.4, -0.2) is 67.0 Å². The standard InChI is InChI=1S/C24H26F3N5O3/c1-16-20-14-17(4-9-21(20)30-23(28-16)32-11-3-10-31(2)12-13-32)29-22(33)15-34-18-5-7-19(8-6-18)35-24(25,26)27/h4-9,14H,3,10-13,15H2,1-2H3,(H,29,33). The lowest BCUT2D eigenvalue weighted by atomic mass is 10.1. The van der Waals surface area contributed by atoms with E-state index in [1.54, 1.807) is 6.07 Å². The number of halogens is 3. The maximum Gasteiger partial charge on any atom is 0.573 e. The molecule has 1 amide bonds. The fourth-order valence-electron chi connectivity index (χ4n) is 3.82. The minimum atomic E-state index is -4.77. The van der Waals surface area contributed by atoms with E-state index >= 15 is 0 Å². The molecule has 0 atom stereocenters. The Hall–Kier alpha value is -3.60. The first-order valence-corrected chi connectivity index (χ1v) is 11.2. The van der Waals surface area contributed by atoms with Crippen molar-refractivity contribution < 1.29 is 27.4 Å². The highest BCUT2D eigenvalue weighted by atomic mass is 19.4. The number of alkyl halides is 3. The first kappa shape index (κ1) is 24.5. The molecular formula is C24H26F3N5O3. The summed E-state index contributed by atoms with van der Waals surface area (Å²) in [5, 5.41) is 3.59. The van der Waals surface area contributed by atoms with Gasteiger partial charge in [-0.25, -0.2) is 9.97 Å². The number of amides is 1. The van der Waals surface area contributed by atoms with Crippen molar-refractivity contribution in [3.05, 3.63) is 48.2 Å². The van der Waals surface area contributed by atoms with E-state index in [9.17, 15) is 18.0 Å². The van der Waals surface area contributed by atoms with Gasteiger partial charge in [-0.15, -0.1) is 13.2 Å². The monoisotopic (exact) mass is 489 g/mol. The van der Waals surface area contributed by atoms with Gasteiger partial charge in [-0.3, -0.25) is 4.79 Å². The highest BCUT2D eigenvalue weighted by Crippen LogP contribution is 2.25. The molecule has 0 radical (unpaired) electrons. The van der Waals surface area contributed by atoms with E-state index in [0.717, 1.165) is 61.3 Å². The number of carbonyl (C=O) groups is 1. The SMILES string of the molecule is Cc1nc(N2CCCN(C)CC2)nc2ccc(NC(=O)COc3ccc(OC(F)(F)F)cc3)cc12. The number of hydrogen-bond acceptors (Lipinski definition) is 7. The van der Waals surface area contributed by atoms with Gasteiger partial charge in [0.1, 0.15) is 11.5 Å². The Kier molecular flexibility index (Phi) is 7.25. The number of carbonyl (C=O) groups excluding carboxylic acids is 1. The van der Waals surface area contributed by atoms with Crippen LogP contribution in [0.3, 0.4) is 0 Å². The van der Waals surface area contributed by atoms with Gasteiger partial charge >= 0.3 is 6.36 Å². The molecule has 1 fully saturated rings. The quantitative estimate of drug-likeness (QED) is 0.561. The van der Waals surface area contributed by atoms with Crippen molar-refractivity contribution in [2.24, 2.45) is 0 Å². The molecule has 186 valence electrons. The maximum atomic E-state index is 12.3. The normalized spacial score (nSPS) is 15.1. The van der Waals surface area contributed by atoms with Gasteiger partial charge < -0.3 is 24.6 Å². The molecule has 35 heavy (non-hydrogen) atoms. The molecule has 8 nitrogen and oxygen atoms in total. The van der Waals surface area contributed by atoms with Crippen molar-refractivity contribution in [3.8, 4) is 11.5 Å². The summed E-state index contributed by atoms with van der Waals surface area (Å²) in [7, 11) is 2.11. The number of likely N-dealkylation sites (N-methyl/N-ethyl adjacent to an activating group) is 1.